The molecular formula is C14H20O4. The van der Waals surface area contributed by atoms with Gasteiger partial charge in [0.1, 0.15) is 17.6 Å². The van der Waals surface area contributed by atoms with E-state index in [1.54, 1.807) is 14.0 Å². The molecule has 2 rings (SSSR count). The van der Waals surface area contributed by atoms with Crippen LogP contribution in [0.4, 0.5) is 0 Å². The zero-order valence-corrected chi connectivity index (χ0v) is 10.9. The molecule has 1 unspecified atom stereocenters. The topological polar surface area (TPSA) is 47.9 Å². The first-order chi connectivity index (χ1) is 8.70. The molecular weight excluding hydrogens is 232 g/mol. The summed E-state index contributed by atoms with van der Waals surface area (Å²) in [6.07, 6.45) is 1.38. The van der Waals surface area contributed by atoms with Gasteiger partial charge in [0.25, 0.3) is 0 Å². The highest BCUT2D eigenvalue weighted by molar-refractivity contribution is 5.42. The number of hydrogen-bond acceptors (Lipinski definition) is 4. The van der Waals surface area contributed by atoms with Crippen LogP contribution in [0.5, 0.6) is 11.5 Å². The molecule has 0 aliphatic carbocycles. The highest BCUT2D eigenvalue weighted by Gasteiger charge is 2.18. The summed E-state index contributed by atoms with van der Waals surface area (Å²) in [6.45, 7) is 3.20. The van der Waals surface area contributed by atoms with Crippen LogP contribution < -0.4 is 9.47 Å². The fourth-order valence-corrected chi connectivity index (χ4v) is 2.06. The minimum absolute atomic E-state index is 0.156. The van der Waals surface area contributed by atoms with Crippen LogP contribution in [-0.2, 0) is 4.74 Å². The Morgan fingerprint density at radius 2 is 2.06 bits per heavy atom. The Bertz CT molecular complexity index is 383. The predicted molar refractivity (Wildman–Crippen MR) is 68.1 cm³/mol. The SMILES string of the molecule is COc1ccc(C(C)O)c(OC2CCOCC2)c1. The third kappa shape index (κ3) is 3.15. The van der Waals surface area contributed by atoms with Crippen LogP contribution in [0, 0.1) is 0 Å². The van der Waals surface area contributed by atoms with Crippen LogP contribution in [0.25, 0.3) is 0 Å². The van der Waals surface area contributed by atoms with Crippen molar-refractivity contribution < 1.29 is 19.3 Å². The standard InChI is InChI=1S/C14H20O4/c1-10(15)13-4-3-12(16-2)9-14(13)18-11-5-7-17-8-6-11/h3-4,9-11,15H,5-8H2,1-2H3. The van der Waals surface area contributed by atoms with Crippen molar-refractivity contribution in [3.8, 4) is 11.5 Å². The maximum atomic E-state index is 9.75. The summed E-state index contributed by atoms with van der Waals surface area (Å²) in [4.78, 5) is 0. The van der Waals surface area contributed by atoms with Gasteiger partial charge < -0.3 is 19.3 Å². The van der Waals surface area contributed by atoms with Crippen LogP contribution in [-0.4, -0.2) is 31.5 Å². The first kappa shape index (κ1) is 13.2. The number of methoxy groups -OCH3 is 1. The van der Waals surface area contributed by atoms with E-state index in [1.165, 1.54) is 0 Å². The van der Waals surface area contributed by atoms with E-state index in [0.29, 0.717) is 5.75 Å². The van der Waals surface area contributed by atoms with E-state index < -0.39 is 6.10 Å². The highest BCUT2D eigenvalue weighted by atomic mass is 16.5. The van der Waals surface area contributed by atoms with Crippen molar-refractivity contribution in [1.29, 1.82) is 0 Å². The molecule has 4 heteroatoms. The first-order valence-electron chi connectivity index (χ1n) is 6.31. The fraction of sp³-hybridized carbons (Fsp3) is 0.571. The molecule has 1 atom stereocenters. The summed E-state index contributed by atoms with van der Waals surface area (Å²) in [5.41, 5.74) is 0.794. The van der Waals surface area contributed by atoms with Crippen molar-refractivity contribution in [1.82, 2.24) is 0 Å². The minimum atomic E-state index is -0.550. The molecule has 1 aromatic carbocycles. The monoisotopic (exact) mass is 252 g/mol. The maximum absolute atomic E-state index is 9.75. The second-order valence-corrected chi connectivity index (χ2v) is 4.51. The molecule has 1 fully saturated rings. The number of ether oxygens (including phenoxy) is 3. The Balaban J connectivity index is 2.17. The minimum Gasteiger partial charge on any atom is -0.497 e. The summed E-state index contributed by atoms with van der Waals surface area (Å²) >= 11 is 0. The molecule has 0 spiro atoms. The molecule has 1 aliphatic rings. The maximum Gasteiger partial charge on any atom is 0.129 e. The first-order valence-corrected chi connectivity index (χ1v) is 6.31. The molecule has 4 nitrogen and oxygen atoms in total. The van der Waals surface area contributed by atoms with Gasteiger partial charge in [0.2, 0.25) is 0 Å². The van der Waals surface area contributed by atoms with Gasteiger partial charge in [0.05, 0.1) is 26.4 Å². The lowest BCUT2D eigenvalue weighted by atomic mass is 10.1. The van der Waals surface area contributed by atoms with E-state index >= 15 is 0 Å². The largest absolute Gasteiger partial charge is 0.497 e. The number of rotatable bonds is 4. The Morgan fingerprint density at radius 1 is 1.33 bits per heavy atom. The van der Waals surface area contributed by atoms with E-state index in [0.717, 1.165) is 37.4 Å². The van der Waals surface area contributed by atoms with Gasteiger partial charge in [0, 0.05) is 24.5 Å². The summed E-state index contributed by atoms with van der Waals surface area (Å²) in [7, 11) is 1.62. The second kappa shape index (κ2) is 6.07. The van der Waals surface area contributed by atoms with Gasteiger partial charge in [0.15, 0.2) is 0 Å². The Kier molecular flexibility index (Phi) is 4.44. The molecule has 1 heterocycles. The summed E-state index contributed by atoms with van der Waals surface area (Å²) in [5.74, 6) is 1.44. The molecule has 0 radical (unpaired) electrons. The third-order valence-electron chi connectivity index (χ3n) is 3.13. The fourth-order valence-electron chi connectivity index (χ4n) is 2.06. The zero-order valence-electron chi connectivity index (χ0n) is 10.9. The lowest BCUT2D eigenvalue weighted by molar-refractivity contribution is 0.0242. The van der Waals surface area contributed by atoms with Gasteiger partial charge in [-0.25, -0.2) is 0 Å². The van der Waals surface area contributed by atoms with Crippen LogP contribution in [0.1, 0.15) is 31.4 Å². The van der Waals surface area contributed by atoms with Gasteiger partial charge in [-0.3, -0.25) is 0 Å². The molecule has 100 valence electrons. The molecule has 0 aromatic heterocycles. The van der Waals surface area contributed by atoms with E-state index in [-0.39, 0.29) is 6.10 Å². The van der Waals surface area contributed by atoms with E-state index in [4.69, 9.17) is 14.2 Å². The average molecular weight is 252 g/mol. The quantitative estimate of drug-likeness (QED) is 0.893. The van der Waals surface area contributed by atoms with Gasteiger partial charge in [-0.2, -0.15) is 0 Å². The van der Waals surface area contributed by atoms with Crippen LogP contribution in [0.3, 0.4) is 0 Å². The van der Waals surface area contributed by atoms with Crippen molar-refractivity contribution in [2.24, 2.45) is 0 Å². The Labute approximate surface area is 107 Å². The van der Waals surface area contributed by atoms with Gasteiger partial charge >= 0.3 is 0 Å². The average Bonchev–Trinajstić information content (AvgIpc) is 2.39. The Morgan fingerprint density at radius 3 is 2.67 bits per heavy atom. The number of aliphatic hydroxyl groups is 1. The highest BCUT2D eigenvalue weighted by Crippen LogP contribution is 2.31. The summed E-state index contributed by atoms with van der Waals surface area (Å²) in [6, 6.07) is 5.51. The number of aliphatic hydroxyl groups excluding tert-OH is 1. The number of hydrogen-bond donors (Lipinski definition) is 1. The third-order valence-corrected chi connectivity index (χ3v) is 3.13. The Hall–Kier alpha value is -1.26. The van der Waals surface area contributed by atoms with Crippen LogP contribution >= 0.6 is 0 Å². The van der Waals surface area contributed by atoms with Crippen molar-refractivity contribution in [2.45, 2.75) is 32.0 Å². The summed E-state index contributed by atoms with van der Waals surface area (Å²) in [5, 5.41) is 9.75. The van der Waals surface area contributed by atoms with Gasteiger partial charge in [-0.05, 0) is 19.1 Å². The van der Waals surface area contributed by atoms with Gasteiger partial charge in [-0.1, -0.05) is 0 Å². The lowest BCUT2D eigenvalue weighted by Gasteiger charge is -2.25. The van der Waals surface area contributed by atoms with Crippen molar-refractivity contribution in [3.63, 3.8) is 0 Å². The zero-order chi connectivity index (χ0) is 13.0. The molecule has 1 aliphatic heterocycles. The smallest absolute Gasteiger partial charge is 0.129 e. The van der Waals surface area contributed by atoms with Crippen LogP contribution in [0.15, 0.2) is 18.2 Å². The second-order valence-electron chi connectivity index (χ2n) is 4.51. The molecule has 1 aromatic rings. The van der Waals surface area contributed by atoms with Gasteiger partial charge in [-0.15, -0.1) is 0 Å². The molecule has 0 bridgehead atoms. The van der Waals surface area contributed by atoms with E-state index in [1.807, 2.05) is 18.2 Å². The van der Waals surface area contributed by atoms with Crippen molar-refractivity contribution >= 4 is 0 Å². The molecule has 0 saturated carbocycles. The van der Waals surface area contributed by atoms with Crippen LogP contribution in [0.2, 0.25) is 0 Å². The molecule has 18 heavy (non-hydrogen) atoms. The normalized spacial score (nSPS) is 18.4. The number of benzene rings is 1. The predicted octanol–water partition coefficient (Wildman–Crippen LogP) is 2.31. The van der Waals surface area contributed by atoms with E-state index in [9.17, 15) is 5.11 Å². The van der Waals surface area contributed by atoms with E-state index in [2.05, 4.69) is 0 Å². The molecule has 1 N–H and O–H groups in total. The van der Waals surface area contributed by atoms with Crippen molar-refractivity contribution in [2.75, 3.05) is 20.3 Å². The molecule has 0 amide bonds. The summed E-state index contributed by atoms with van der Waals surface area (Å²) < 4.78 is 16.5. The lowest BCUT2D eigenvalue weighted by Crippen LogP contribution is -2.26. The van der Waals surface area contributed by atoms with Crippen molar-refractivity contribution in [3.05, 3.63) is 23.8 Å². The molecule has 1 saturated heterocycles.